The number of carbonyl (C=O) groups is 1. The Balaban J connectivity index is 2.17. The van der Waals surface area contributed by atoms with Gasteiger partial charge < -0.3 is 9.64 Å². The smallest absolute Gasteiger partial charge is 0.232 e. The number of ether oxygens (including phenoxy) is 1. The van der Waals surface area contributed by atoms with Crippen LogP contribution in [0.15, 0.2) is 54.6 Å². The third-order valence-corrected chi connectivity index (χ3v) is 4.23. The van der Waals surface area contributed by atoms with E-state index < -0.39 is 5.41 Å². The van der Waals surface area contributed by atoms with E-state index in [-0.39, 0.29) is 5.91 Å². The van der Waals surface area contributed by atoms with Gasteiger partial charge in [0.2, 0.25) is 5.91 Å². The van der Waals surface area contributed by atoms with Crippen LogP contribution in [0.25, 0.3) is 0 Å². The van der Waals surface area contributed by atoms with Crippen molar-refractivity contribution in [3.63, 3.8) is 0 Å². The number of methoxy groups -OCH3 is 1. The molecule has 0 heterocycles. The molecule has 2 aromatic carbocycles. The molecule has 3 heteroatoms. The van der Waals surface area contributed by atoms with E-state index in [4.69, 9.17) is 4.74 Å². The van der Waals surface area contributed by atoms with Crippen molar-refractivity contribution in [1.82, 2.24) is 4.90 Å². The molecular formula is C20H25NO2. The second-order valence-corrected chi connectivity index (χ2v) is 6.16. The van der Waals surface area contributed by atoms with Crippen molar-refractivity contribution in [2.24, 2.45) is 0 Å². The summed E-state index contributed by atoms with van der Waals surface area (Å²) in [6.45, 7) is 7.28. The van der Waals surface area contributed by atoms with Crippen LogP contribution in [0.3, 0.4) is 0 Å². The SMILES string of the molecule is CCN(Cc1ccc(OC)cc1)C(=O)C(C)(C)c1ccccc1. The van der Waals surface area contributed by atoms with Gasteiger partial charge in [0.25, 0.3) is 0 Å². The summed E-state index contributed by atoms with van der Waals surface area (Å²) in [5.41, 5.74) is 1.60. The summed E-state index contributed by atoms with van der Waals surface area (Å²) >= 11 is 0. The summed E-state index contributed by atoms with van der Waals surface area (Å²) in [6, 6.07) is 17.8. The number of hydrogen-bond acceptors (Lipinski definition) is 2. The molecule has 0 aliphatic heterocycles. The maximum Gasteiger partial charge on any atom is 0.232 e. The van der Waals surface area contributed by atoms with E-state index >= 15 is 0 Å². The van der Waals surface area contributed by atoms with Gasteiger partial charge in [0.05, 0.1) is 12.5 Å². The van der Waals surface area contributed by atoms with Crippen molar-refractivity contribution in [3.05, 3.63) is 65.7 Å². The molecule has 0 radical (unpaired) electrons. The molecule has 0 unspecified atom stereocenters. The number of carbonyl (C=O) groups excluding carboxylic acids is 1. The first kappa shape index (κ1) is 17.1. The summed E-state index contributed by atoms with van der Waals surface area (Å²) in [7, 11) is 1.65. The summed E-state index contributed by atoms with van der Waals surface area (Å²) < 4.78 is 5.18. The molecule has 0 aliphatic rings. The van der Waals surface area contributed by atoms with Crippen molar-refractivity contribution in [2.75, 3.05) is 13.7 Å². The number of hydrogen-bond donors (Lipinski definition) is 0. The molecule has 0 aliphatic carbocycles. The molecule has 23 heavy (non-hydrogen) atoms. The molecule has 1 amide bonds. The summed E-state index contributed by atoms with van der Waals surface area (Å²) in [5, 5.41) is 0. The van der Waals surface area contributed by atoms with E-state index in [0.29, 0.717) is 13.1 Å². The standard InChI is InChI=1S/C20H25NO2/c1-5-21(15-16-11-13-18(23-4)14-12-16)19(22)20(2,3)17-9-7-6-8-10-17/h6-14H,5,15H2,1-4H3. The number of nitrogens with zero attached hydrogens (tertiary/aromatic N) is 1. The maximum atomic E-state index is 13.0. The first-order chi connectivity index (χ1) is 11.0. The van der Waals surface area contributed by atoms with Crippen LogP contribution in [0.4, 0.5) is 0 Å². The molecule has 3 nitrogen and oxygen atoms in total. The van der Waals surface area contributed by atoms with Crippen LogP contribution in [0.1, 0.15) is 31.9 Å². The van der Waals surface area contributed by atoms with Crippen molar-refractivity contribution in [3.8, 4) is 5.75 Å². The van der Waals surface area contributed by atoms with Gasteiger partial charge in [0.1, 0.15) is 5.75 Å². The molecule has 2 rings (SSSR count). The van der Waals surface area contributed by atoms with Gasteiger partial charge in [0.15, 0.2) is 0 Å². The molecule has 0 aromatic heterocycles. The van der Waals surface area contributed by atoms with E-state index in [1.165, 1.54) is 0 Å². The van der Waals surface area contributed by atoms with Crippen LogP contribution in [-0.4, -0.2) is 24.5 Å². The molecule has 0 saturated heterocycles. The maximum absolute atomic E-state index is 13.0. The number of benzene rings is 2. The highest BCUT2D eigenvalue weighted by Crippen LogP contribution is 2.26. The lowest BCUT2D eigenvalue weighted by Crippen LogP contribution is -2.43. The minimum Gasteiger partial charge on any atom is -0.497 e. The van der Waals surface area contributed by atoms with Gasteiger partial charge in [-0.1, -0.05) is 42.5 Å². The molecule has 0 fully saturated rings. The monoisotopic (exact) mass is 311 g/mol. The first-order valence-corrected chi connectivity index (χ1v) is 7.97. The quantitative estimate of drug-likeness (QED) is 0.806. The van der Waals surface area contributed by atoms with Crippen LogP contribution in [-0.2, 0) is 16.8 Å². The zero-order chi connectivity index (χ0) is 16.9. The fraction of sp³-hybridized carbons (Fsp3) is 0.350. The number of amides is 1. The Morgan fingerprint density at radius 3 is 2.17 bits per heavy atom. The van der Waals surface area contributed by atoms with Crippen LogP contribution < -0.4 is 4.74 Å². The second-order valence-electron chi connectivity index (χ2n) is 6.16. The third kappa shape index (κ3) is 3.92. The van der Waals surface area contributed by atoms with E-state index in [0.717, 1.165) is 16.9 Å². The van der Waals surface area contributed by atoms with E-state index in [1.807, 2.05) is 80.3 Å². The van der Waals surface area contributed by atoms with Crippen LogP contribution in [0, 0.1) is 0 Å². The summed E-state index contributed by atoms with van der Waals surface area (Å²) in [5.74, 6) is 0.967. The highest BCUT2D eigenvalue weighted by Gasteiger charge is 2.33. The van der Waals surface area contributed by atoms with Gasteiger partial charge in [-0.05, 0) is 44.0 Å². The van der Waals surface area contributed by atoms with Gasteiger partial charge >= 0.3 is 0 Å². The molecule has 0 spiro atoms. The summed E-state index contributed by atoms with van der Waals surface area (Å²) in [4.78, 5) is 14.9. The lowest BCUT2D eigenvalue weighted by molar-refractivity contribution is -0.136. The third-order valence-electron chi connectivity index (χ3n) is 4.23. The molecule has 122 valence electrons. The number of likely N-dealkylation sites (N-methyl/N-ethyl adjacent to an activating group) is 1. The van der Waals surface area contributed by atoms with Gasteiger partial charge in [-0.25, -0.2) is 0 Å². The Labute approximate surface area is 138 Å². The zero-order valence-corrected chi connectivity index (χ0v) is 14.4. The van der Waals surface area contributed by atoms with Gasteiger partial charge in [-0.15, -0.1) is 0 Å². The lowest BCUT2D eigenvalue weighted by atomic mass is 9.83. The van der Waals surface area contributed by atoms with Crippen LogP contribution >= 0.6 is 0 Å². The normalized spacial score (nSPS) is 11.1. The van der Waals surface area contributed by atoms with Gasteiger partial charge in [0, 0.05) is 13.1 Å². The minimum absolute atomic E-state index is 0.141. The second kappa shape index (κ2) is 7.32. The fourth-order valence-electron chi connectivity index (χ4n) is 2.65. The van der Waals surface area contributed by atoms with Crippen molar-refractivity contribution in [1.29, 1.82) is 0 Å². The van der Waals surface area contributed by atoms with Crippen molar-refractivity contribution >= 4 is 5.91 Å². The molecule has 0 atom stereocenters. The lowest BCUT2D eigenvalue weighted by Gasteiger charge is -2.32. The van der Waals surface area contributed by atoms with E-state index in [9.17, 15) is 4.79 Å². The molecule has 2 aromatic rings. The number of rotatable bonds is 6. The van der Waals surface area contributed by atoms with E-state index in [1.54, 1.807) is 7.11 Å². The Hall–Kier alpha value is -2.29. The van der Waals surface area contributed by atoms with E-state index in [2.05, 4.69) is 0 Å². The predicted octanol–water partition coefficient (Wildman–Crippen LogP) is 4.02. The molecule has 0 N–H and O–H groups in total. The van der Waals surface area contributed by atoms with Crippen molar-refractivity contribution in [2.45, 2.75) is 32.7 Å². The van der Waals surface area contributed by atoms with Gasteiger partial charge in [-0.3, -0.25) is 4.79 Å². The van der Waals surface area contributed by atoms with Crippen molar-refractivity contribution < 1.29 is 9.53 Å². The average molecular weight is 311 g/mol. The Morgan fingerprint density at radius 2 is 1.65 bits per heavy atom. The Morgan fingerprint density at radius 1 is 1.04 bits per heavy atom. The minimum atomic E-state index is -0.538. The first-order valence-electron chi connectivity index (χ1n) is 7.97. The van der Waals surface area contributed by atoms with Crippen LogP contribution in [0.5, 0.6) is 5.75 Å². The Bertz CT molecular complexity index is 632. The fourth-order valence-corrected chi connectivity index (χ4v) is 2.65. The van der Waals surface area contributed by atoms with Crippen LogP contribution in [0.2, 0.25) is 0 Å². The largest absolute Gasteiger partial charge is 0.497 e. The zero-order valence-electron chi connectivity index (χ0n) is 14.4. The molecule has 0 saturated carbocycles. The highest BCUT2D eigenvalue weighted by molar-refractivity contribution is 5.87. The highest BCUT2D eigenvalue weighted by atomic mass is 16.5. The van der Waals surface area contributed by atoms with Gasteiger partial charge in [-0.2, -0.15) is 0 Å². The Kier molecular flexibility index (Phi) is 5.43. The summed E-state index contributed by atoms with van der Waals surface area (Å²) in [6.07, 6.45) is 0. The molecular weight excluding hydrogens is 286 g/mol. The average Bonchev–Trinajstić information content (AvgIpc) is 2.60. The predicted molar refractivity (Wildman–Crippen MR) is 93.6 cm³/mol. The topological polar surface area (TPSA) is 29.5 Å². The molecule has 0 bridgehead atoms.